The summed E-state index contributed by atoms with van der Waals surface area (Å²) in [7, 11) is 0. The van der Waals surface area contributed by atoms with Crippen molar-refractivity contribution < 1.29 is 4.52 Å². The van der Waals surface area contributed by atoms with Crippen LogP contribution < -0.4 is 5.73 Å². The van der Waals surface area contributed by atoms with Crippen LogP contribution in [0.2, 0.25) is 0 Å². The van der Waals surface area contributed by atoms with Crippen molar-refractivity contribution in [2.75, 3.05) is 0 Å². The number of hydrogen-bond donors (Lipinski definition) is 2. The molecule has 1 atom stereocenters. The maximum Gasteiger partial charge on any atom is 0.244 e. The van der Waals surface area contributed by atoms with Gasteiger partial charge in [-0.15, -0.1) is 0 Å². The molecule has 3 N–H and O–H groups in total. The van der Waals surface area contributed by atoms with Crippen LogP contribution >= 0.6 is 0 Å². The SMILES string of the molecule is CC(C)(C)[C@@H](N)c1nc(-c2cn[nH]n2)no1. The molecule has 0 spiro atoms. The molecule has 2 aromatic rings. The molecule has 0 aromatic carbocycles. The fraction of sp³-hybridized carbons (Fsp3) is 0.556. The van der Waals surface area contributed by atoms with Crippen molar-refractivity contribution in [3.8, 4) is 11.5 Å². The van der Waals surface area contributed by atoms with Crippen molar-refractivity contribution in [3.05, 3.63) is 12.1 Å². The summed E-state index contributed by atoms with van der Waals surface area (Å²) in [5.74, 6) is 0.800. The molecule has 0 aliphatic rings. The van der Waals surface area contributed by atoms with E-state index >= 15 is 0 Å². The third-order valence-electron chi connectivity index (χ3n) is 2.28. The molecule has 0 amide bonds. The van der Waals surface area contributed by atoms with Crippen LogP contribution in [-0.4, -0.2) is 25.6 Å². The molecule has 2 heterocycles. The second-order valence-corrected chi connectivity index (χ2v) is 4.66. The van der Waals surface area contributed by atoms with Gasteiger partial charge in [0.2, 0.25) is 11.7 Å². The number of aromatic amines is 1. The molecule has 0 unspecified atom stereocenters. The van der Waals surface area contributed by atoms with Gasteiger partial charge in [0, 0.05) is 0 Å². The van der Waals surface area contributed by atoms with Crippen LogP contribution in [0.4, 0.5) is 0 Å². The van der Waals surface area contributed by atoms with Gasteiger partial charge in [-0.3, -0.25) is 0 Å². The second-order valence-electron chi connectivity index (χ2n) is 4.66. The highest BCUT2D eigenvalue weighted by Crippen LogP contribution is 2.29. The van der Waals surface area contributed by atoms with Gasteiger partial charge >= 0.3 is 0 Å². The zero-order valence-corrected chi connectivity index (χ0v) is 9.43. The summed E-state index contributed by atoms with van der Waals surface area (Å²) in [6, 6.07) is -0.305. The van der Waals surface area contributed by atoms with Gasteiger partial charge in [0.1, 0.15) is 0 Å². The molecule has 0 saturated heterocycles. The number of nitrogens with two attached hydrogens (primary N) is 1. The highest BCUT2D eigenvalue weighted by molar-refractivity contribution is 5.44. The molecule has 0 radical (unpaired) electrons. The molecule has 2 rings (SSSR count). The Morgan fingerprint density at radius 1 is 1.44 bits per heavy atom. The summed E-state index contributed by atoms with van der Waals surface area (Å²) in [4.78, 5) is 4.19. The standard InChI is InChI=1S/C9H14N6O/c1-9(2,3)6(10)8-12-7(14-16-8)5-4-11-15-13-5/h4,6H,10H2,1-3H3,(H,11,13,15)/t6-/m0/s1. The summed E-state index contributed by atoms with van der Waals surface area (Å²) in [5.41, 5.74) is 6.41. The summed E-state index contributed by atoms with van der Waals surface area (Å²) < 4.78 is 5.11. The average molecular weight is 222 g/mol. The normalized spacial score (nSPS) is 14.0. The average Bonchev–Trinajstić information content (AvgIpc) is 2.85. The van der Waals surface area contributed by atoms with Crippen molar-refractivity contribution in [2.45, 2.75) is 26.8 Å². The lowest BCUT2D eigenvalue weighted by atomic mass is 9.87. The number of hydrogen-bond acceptors (Lipinski definition) is 6. The molecule has 0 aliphatic carbocycles. The first-order chi connectivity index (χ1) is 7.48. The Labute approximate surface area is 92.4 Å². The van der Waals surface area contributed by atoms with Gasteiger partial charge in [0.05, 0.1) is 12.2 Å². The summed E-state index contributed by atoms with van der Waals surface area (Å²) >= 11 is 0. The summed E-state index contributed by atoms with van der Waals surface area (Å²) in [6.07, 6.45) is 1.53. The van der Waals surface area contributed by atoms with Crippen LogP contribution in [0.25, 0.3) is 11.5 Å². The van der Waals surface area contributed by atoms with E-state index in [4.69, 9.17) is 10.3 Å². The quantitative estimate of drug-likeness (QED) is 0.781. The van der Waals surface area contributed by atoms with Crippen molar-refractivity contribution in [2.24, 2.45) is 11.1 Å². The van der Waals surface area contributed by atoms with E-state index in [-0.39, 0.29) is 11.5 Å². The second kappa shape index (κ2) is 3.67. The first-order valence-corrected chi connectivity index (χ1v) is 4.94. The monoisotopic (exact) mass is 222 g/mol. The van der Waals surface area contributed by atoms with Crippen molar-refractivity contribution in [1.82, 2.24) is 25.6 Å². The Balaban J connectivity index is 2.27. The van der Waals surface area contributed by atoms with Gasteiger partial charge < -0.3 is 10.3 Å². The number of aromatic nitrogens is 5. The number of H-pyrrole nitrogens is 1. The third kappa shape index (κ3) is 1.94. The number of rotatable bonds is 2. The van der Waals surface area contributed by atoms with Gasteiger partial charge in [-0.1, -0.05) is 25.9 Å². The molecule has 86 valence electrons. The first-order valence-electron chi connectivity index (χ1n) is 4.94. The van der Waals surface area contributed by atoms with E-state index in [0.29, 0.717) is 17.4 Å². The topological polar surface area (TPSA) is 107 Å². The van der Waals surface area contributed by atoms with Crippen LogP contribution in [0.15, 0.2) is 10.7 Å². The minimum absolute atomic E-state index is 0.131. The molecule has 2 aromatic heterocycles. The minimum atomic E-state index is -0.305. The Bertz CT molecular complexity index is 455. The van der Waals surface area contributed by atoms with E-state index in [0.717, 1.165) is 0 Å². The van der Waals surface area contributed by atoms with Crippen molar-refractivity contribution in [1.29, 1.82) is 0 Å². The van der Waals surface area contributed by atoms with E-state index in [1.807, 2.05) is 20.8 Å². The zero-order valence-electron chi connectivity index (χ0n) is 9.43. The fourth-order valence-corrected chi connectivity index (χ4v) is 1.15. The number of nitrogens with one attached hydrogen (secondary N) is 1. The predicted octanol–water partition coefficient (Wildman–Crippen LogP) is 0.901. The summed E-state index contributed by atoms with van der Waals surface area (Å²) in [5, 5.41) is 13.8. The van der Waals surface area contributed by atoms with Crippen LogP contribution in [-0.2, 0) is 0 Å². The Kier molecular flexibility index (Phi) is 2.47. The Morgan fingerprint density at radius 3 is 2.75 bits per heavy atom. The lowest BCUT2D eigenvalue weighted by Crippen LogP contribution is -2.26. The molecule has 0 saturated carbocycles. The maximum absolute atomic E-state index is 6.00. The Hall–Kier alpha value is -1.76. The third-order valence-corrected chi connectivity index (χ3v) is 2.28. The molecular weight excluding hydrogens is 208 g/mol. The van der Waals surface area contributed by atoms with Crippen LogP contribution in [0, 0.1) is 5.41 Å². The molecule has 16 heavy (non-hydrogen) atoms. The van der Waals surface area contributed by atoms with E-state index in [2.05, 4.69) is 25.6 Å². The van der Waals surface area contributed by atoms with Gasteiger partial charge in [-0.25, -0.2) is 0 Å². The van der Waals surface area contributed by atoms with Gasteiger partial charge in [0.25, 0.3) is 0 Å². The maximum atomic E-state index is 6.00. The lowest BCUT2D eigenvalue weighted by molar-refractivity contribution is 0.253. The molecule has 7 heteroatoms. The first kappa shape index (κ1) is 10.7. The smallest absolute Gasteiger partial charge is 0.244 e. The van der Waals surface area contributed by atoms with Crippen LogP contribution in [0.1, 0.15) is 32.7 Å². The van der Waals surface area contributed by atoms with E-state index in [9.17, 15) is 0 Å². The van der Waals surface area contributed by atoms with Crippen molar-refractivity contribution >= 4 is 0 Å². The highest BCUT2D eigenvalue weighted by atomic mass is 16.5. The molecular formula is C9H14N6O. The van der Waals surface area contributed by atoms with E-state index in [1.165, 1.54) is 6.20 Å². The molecule has 0 aliphatic heterocycles. The van der Waals surface area contributed by atoms with Gasteiger partial charge in [0.15, 0.2) is 5.69 Å². The summed E-state index contributed by atoms with van der Waals surface area (Å²) in [6.45, 7) is 6.03. The van der Waals surface area contributed by atoms with Crippen LogP contribution in [0.5, 0.6) is 0 Å². The molecule has 0 bridgehead atoms. The lowest BCUT2D eigenvalue weighted by Gasteiger charge is -2.23. The predicted molar refractivity (Wildman–Crippen MR) is 56.1 cm³/mol. The molecule has 7 nitrogen and oxygen atoms in total. The van der Waals surface area contributed by atoms with Gasteiger partial charge in [-0.05, 0) is 5.41 Å². The van der Waals surface area contributed by atoms with E-state index < -0.39 is 0 Å². The van der Waals surface area contributed by atoms with Crippen molar-refractivity contribution in [3.63, 3.8) is 0 Å². The fourth-order valence-electron chi connectivity index (χ4n) is 1.15. The van der Waals surface area contributed by atoms with Crippen LogP contribution in [0.3, 0.4) is 0 Å². The van der Waals surface area contributed by atoms with Gasteiger partial charge in [-0.2, -0.15) is 20.4 Å². The zero-order chi connectivity index (χ0) is 11.8. The highest BCUT2D eigenvalue weighted by Gasteiger charge is 2.28. The number of nitrogens with zero attached hydrogens (tertiary/aromatic N) is 4. The largest absolute Gasteiger partial charge is 0.337 e. The minimum Gasteiger partial charge on any atom is -0.337 e. The molecule has 0 fully saturated rings. The Morgan fingerprint density at radius 2 is 2.19 bits per heavy atom. The van der Waals surface area contributed by atoms with E-state index in [1.54, 1.807) is 0 Å².